The van der Waals surface area contributed by atoms with Gasteiger partial charge in [0.25, 0.3) is 0 Å². The highest BCUT2D eigenvalue weighted by atomic mass is 16.4. The molecular weight excluding hydrogens is 140 g/mol. The van der Waals surface area contributed by atoms with Crippen molar-refractivity contribution >= 4 is 6.21 Å². The van der Waals surface area contributed by atoms with E-state index in [9.17, 15) is 0 Å². The van der Waals surface area contributed by atoms with Crippen LogP contribution in [-0.2, 0) is 0 Å². The second-order valence-electron chi connectivity index (χ2n) is 2.68. The van der Waals surface area contributed by atoms with Crippen LogP contribution in [0.3, 0.4) is 0 Å². The maximum absolute atomic E-state index is 8.29. The third-order valence-electron chi connectivity index (χ3n) is 1.93. The van der Waals surface area contributed by atoms with Gasteiger partial charge in [-0.1, -0.05) is 18.2 Å². The Bertz CT molecular complexity index is 175. The number of likely N-dealkylation sites (N-methyl/N-ethyl adjacent to an activating group) is 1. The van der Waals surface area contributed by atoms with Gasteiger partial charge < -0.3 is 5.21 Å². The summed E-state index contributed by atoms with van der Waals surface area (Å²) in [4.78, 5) is 2.32. The number of hydrogen-bond donors (Lipinski definition) is 1. The lowest BCUT2D eigenvalue weighted by Gasteiger charge is -2.23. The molecule has 1 N–H and O–H groups in total. The van der Waals surface area contributed by atoms with Crippen molar-refractivity contribution in [2.45, 2.75) is 13.3 Å². The van der Waals surface area contributed by atoms with Gasteiger partial charge in [-0.15, -0.1) is 0 Å². The topological polar surface area (TPSA) is 35.8 Å². The number of hydrogen-bond acceptors (Lipinski definition) is 3. The first kappa shape index (κ1) is 8.27. The average Bonchev–Trinajstić information content (AvgIpc) is 2.06. The van der Waals surface area contributed by atoms with Gasteiger partial charge in [0, 0.05) is 13.1 Å². The van der Waals surface area contributed by atoms with Crippen molar-refractivity contribution in [2.24, 2.45) is 5.16 Å². The maximum Gasteiger partial charge on any atom is 0.0703 e. The Morgan fingerprint density at radius 2 is 2.64 bits per heavy atom. The predicted octanol–water partition coefficient (Wildman–Crippen LogP) is 1.10. The third kappa shape index (κ3) is 2.35. The molecule has 0 saturated carbocycles. The fraction of sp³-hybridized carbons (Fsp3) is 0.625. The van der Waals surface area contributed by atoms with E-state index in [0.29, 0.717) is 0 Å². The van der Waals surface area contributed by atoms with E-state index in [1.165, 1.54) is 6.21 Å². The van der Waals surface area contributed by atoms with E-state index in [2.05, 4.69) is 23.1 Å². The predicted molar refractivity (Wildman–Crippen MR) is 45.1 cm³/mol. The van der Waals surface area contributed by atoms with E-state index in [4.69, 9.17) is 5.21 Å². The molecule has 3 heteroatoms. The van der Waals surface area contributed by atoms with Gasteiger partial charge in [0.2, 0.25) is 0 Å². The monoisotopic (exact) mass is 154 g/mol. The minimum absolute atomic E-state index is 0.917. The van der Waals surface area contributed by atoms with Crippen molar-refractivity contribution in [3.63, 3.8) is 0 Å². The van der Waals surface area contributed by atoms with Gasteiger partial charge in [-0.25, -0.2) is 0 Å². The molecule has 0 radical (unpaired) electrons. The molecule has 0 unspecified atom stereocenters. The Hall–Kier alpha value is -0.830. The van der Waals surface area contributed by atoms with Gasteiger partial charge in [-0.05, 0) is 18.5 Å². The second kappa shape index (κ2) is 4.13. The molecular formula is C8H14N2O. The molecule has 11 heavy (non-hydrogen) atoms. The van der Waals surface area contributed by atoms with Crippen LogP contribution in [0, 0.1) is 0 Å². The lowest BCUT2D eigenvalue weighted by atomic mass is 10.1. The molecule has 0 aromatic heterocycles. The summed E-state index contributed by atoms with van der Waals surface area (Å²) in [7, 11) is 0. The molecule has 0 amide bonds. The van der Waals surface area contributed by atoms with Gasteiger partial charge in [0.05, 0.1) is 6.21 Å². The van der Waals surface area contributed by atoms with Gasteiger partial charge in [0.1, 0.15) is 0 Å². The van der Waals surface area contributed by atoms with Crippen LogP contribution in [0.15, 0.2) is 16.8 Å². The molecule has 0 bridgehead atoms. The van der Waals surface area contributed by atoms with Crippen LogP contribution in [0.4, 0.5) is 0 Å². The van der Waals surface area contributed by atoms with Crippen molar-refractivity contribution in [1.29, 1.82) is 0 Å². The summed E-state index contributed by atoms with van der Waals surface area (Å²) in [5, 5.41) is 11.3. The van der Waals surface area contributed by atoms with Crippen LogP contribution in [0.5, 0.6) is 0 Å². The van der Waals surface area contributed by atoms with Gasteiger partial charge >= 0.3 is 0 Å². The SMILES string of the molecule is CCN1CCC=C(C=NO)C1. The zero-order valence-electron chi connectivity index (χ0n) is 6.82. The van der Waals surface area contributed by atoms with E-state index >= 15 is 0 Å². The highest BCUT2D eigenvalue weighted by Crippen LogP contribution is 2.06. The van der Waals surface area contributed by atoms with E-state index in [1.807, 2.05) is 0 Å². The first-order chi connectivity index (χ1) is 5.36. The molecule has 0 aromatic carbocycles. The first-order valence-corrected chi connectivity index (χ1v) is 3.95. The summed E-state index contributed by atoms with van der Waals surface area (Å²) in [6.45, 7) is 5.25. The van der Waals surface area contributed by atoms with Crippen molar-refractivity contribution in [2.75, 3.05) is 19.6 Å². The molecule has 0 aromatic rings. The van der Waals surface area contributed by atoms with Crippen LogP contribution in [0.25, 0.3) is 0 Å². The Labute approximate surface area is 67.0 Å². The van der Waals surface area contributed by atoms with Crippen molar-refractivity contribution in [1.82, 2.24) is 4.90 Å². The first-order valence-electron chi connectivity index (χ1n) is 3.95. The van der Waals surface area contributed by atoms with Gasteiger partial charge in [-0.3, -0.25) is 4.90 Å². The lowest BCUT2D eigenvalue weighted by molar-refractivity contribution is 0.306. The second-order valence-corrected chi connectivity index (χ2v) is 2.68. The summed E-state index contributed by atoms with van der Waals surface area (Å²) in [5.41, 5.74) is 1.11. The molecule has 62 valence electrons. The van der Waals surface area contributed by atoms with E-state index < -0.39 is 0 Å². The zero-order chi connectivity index (χ0) is 8.10. The molecule has 0 saturated heterocycles. The number of nitrogens with zero attached hydrogens (tertiary/aromatic N) is 2. The molecule has 1 heterocycles. The van der Waals surface area contributed by atoms with Crippen LogP contribution in [0.2, 0.25) is 0 Å². The summed E-state index contributed by atoms with van der Waals surface area (Å²) >= 11 is 0. The highest BCUT2D eigenvalue weighted by Gasteiger charge is 2.08. The normalized spacial score (nSPS) is 20.6. The lowest BCUT2D eigenvalue weighted by Crippen LogP contribution is -2.29. The molecule has 0 atom stereocenters. The molecule has 1 aliphatic rings. The van der Waals surface area contributed by atoms with Gasteiger partial charge in [-0.2, -0.15) is 0 Å². The summed E-state index contributed by atoms with van der Waals surface area (Å²) < 4.78 is 0. The average molecular weight is 154 g/mol. The molecule has 1 aliphatic heterocycles. The maximum atomic E-state index is 8.29. The summed E-state index contributed by atoms with van der Waals surface area (Å²) in [5.74, 6) is 0. The highest BCUT2D eigenvalue weighted by molar-refractivity contribution is 5.78. The largest absolute Gasteiger partial charge is 0.411 e. The molecule has 1 rings (SSSR count). The summed E-state index contributed by atoms with van der Waals surface area (Å²) in [6.07, 6.45) is 4.70. The Morgan fingerprint density at radius 3 is 3.27 bits per heavy atom. The van der Waals surface area contributed by atoms with Gasteiger partial charge in [0.15, 0.2) is 0 Å². The molecule has 0 aliphatic carbocycles. The Balaban J connectivity index is 2.48. The third-order valence-corrected chi connectivity index (χ3v) is 1.93. The van der Waals surface area contributed by atoms with E-state index in [-0.39, 0.29) is 0 Å². The van der Waals surface area contributed by atoms with Crippen LogP contribution in [-0.4, -0.2) is 36.0 Å². The Kier molecular flexibility index (Phi) is 3.11. The molecule has 0 fully saturated rings. The Morgan fingerprint density at radius 1 is 1.82 bits per heavy atom. The van der Waals surface area contributed by atoms with E-state index in [1.54, 1.807) is 0 Å². The smallest absolute Gasteiger partial charge is 0.0703 e. The van der Waals surface area contributed by atoms with Crippen molar-refractivity contribution < 1.29 is 5.21 Å². The fourth-order valence-corrected chi connectivity index (χ4v) is 1.27. The zero-order valence-corrected chi connectivity index (χ0v) is 6.82. The minimum Gasteiger partial charge on any atom is -0.411 e. The fourth-order valence-electron chi connectivity index (χ4n) is 1.27. The number of oxime groups is 1. The standard InChI is InChI=1S/C8H14N2O/c1-2-10-5-3-4-8(7-10)6-9-11/h4,6,11H,2-3,5,7H2,1H3. The summed E-state index contributed by atoms with van der Waals surface area (Å²) in [6, 6.07) is 0. The van der Waals surface area contributed by atoms with E-state index in [0.717, 1.165) is 31.6 Å². The minimum atomic E-state index is 0.917. The van der Waals surface area contributed by atoms with Crippen LogP contribution >= 0.6 is 0 Å². The molecule has 0 spiro atoms. The van der Waals surface area contributed by atoms with Crippen LogP contribution in [0.1, 0.15) is 13.3 Å². The van der Waals surface area contributed by atoms with Crippen LogP contribution < -0.4 is 0 Å². The van der Waals surface area contributed by atoms with Crippen molar-refractivity contribution in [3.05, 3.63) is 11.6 Å². The molecule has 3 nitrogen and oxygen atoms in total. The number of rotatable bonds is 2. The van der Waals surface area contributed by atoms with Crippen molar-refractivity contribution in [3.8, 4) is 0 Å². The quantitative estimate of drug-likeness (QED) is 0.367.